The summed E-state index contributed by atoms with van der Waals surface area (Å²) >= 11 is 8.91. The molecule has 2 rings (SSSR count). The highest BCUT2D eigenvalue weighted by Gasteiger charge is 2.17. The smallest absolute Gasteiger partial charge is 0.284 e. The standard InChI is InChI=1S/C15H12BrClN2O3/c1-9(10-2-5-12(17)6-3-10)18-15(20)11-4-7-13(16)14(8-11)19(21)22/h2-9H,1H3,(H,18,20)/t9-/m1/s1. The first-order chi connectivity index (χ1) is 10.4. The number of carbonyl (C=O) groups is 1. The van der Waals surface area contributed by atoms with Crippen molar-refractivity contribution in [3.05, 3.63) is 73.2 Å². The largest absolute Gasteiger partial charge is 0.346 e. The zero-order chi connectivity index (χ0) is 16.3. The number of carbonyl (C=O) groups excluding carboxylic acids is 1. The Kier molecular flexibility index (Phi) is 5.15. The third-order valence-corrected chi connectivity index (χ3v) is 4.05. The molecule has 114 valence electrons. The molecule has 0 aromatic heterocycles. The lowest BCUT2D eigenvalue weighted by Crippen LogP contribution is -2.26. The van der Waals surface area contributed by atoms with Crippen LogP contribution in [0.1, 0.15) is 28.9 Å². The second-order valence-electron chi connectivity index (χ2n) is 4.67. The van der Waals surface area contributed by atoms with Crippen molar-refractivity contribution in [2.24, 2.45) is 0 Å². The molecule has 0 saturated carbocycles. The molecule has 0 heterocycles. The lowest BCUT2D eigenvalue weighted by molar-refractivity contribution is -0.385. The number of amides is 1. The molecule has 1 amide bonds. The molecule has 2 aromatic rings. The van der Waals surface area contributed by atoms with Gasteiger partial charge in [0.1, 0.15) is 0 Å². The van der Waals surface area contributed by atoms with Gasteiger partial charge in [0.15, 0.2) is 0 Å². The van der Waals surface area contributed by atoms with Crippen LogP contribution in [0, 0.1) is 10.1 Å². The van der Waals surface area contributed by atoms with Crippen molar-refractivity contribution >= 4 is 39.1 Å². The Morgan fingerprint density at radius 1 is 1.27 bits per heavy atom. The van der Waals surface area contributed by atoms with E-state index in [1.54, 1.807) is 12.1 Å². The van der Waals surface area contributed by atoms with E-state index in [0.29, 0.717) is 9.50 Å². The fraction of sp³-hybridized carbons (Fsp3) is 0.133. The number of nitro benzene ring substituents is 1. The van der Waals surface area contributed by atoms with Crippen molar-refractivity contribution in [1.82, 2.24) is 5.32 Å². The number of hydrogen-bond donors (Lipinski definition) is 1. The zero-order valence-electron chi connectivity index (χ0n) is 11.5. The van der Waals surface area contributed by atoms with Crippen LogP contribution in [0.5, 0.6) is 0 Å². The van der Waals surface area contributed by atoms with Gasteiger partial charge in [0, 0.05) is 16.7 Å². The van der Waals surface area contributed by atoms with E-state index in [1.807, 2.05) is 19.1 Å². The van der Waals surface area contributed by atoms with Crippen molar-refractivity contribution < 1.29 is 9.72 Å². The van der Waals surface area contributed by atoms with Gasteiger partial charge in [-0.3, -0.25) is 14.9 Å². The fourth-order valence-corrected chi connectivity index (χ4v) is 2.43. The third kappa shape index (κ3) is 3.84. The average Bonchev–Trinajstić information content (AvgIpc) is 2.47. The Morgan fingerprint density at radius 3 is 2.50 bits per heavy atom. The number of hydrogen-bond acceptors (Lipinski definition) is 3. The molecule has 5 nitrogen and oxygen atoms in total. The topological polar surface area (TPSA) is 72.2 Å². The molecule has 0 aliphatic rings. The van der Waals surface area contributed by atoms with Crippen LogP contribution in [-0.2, 0) is 0 Å². The van der Waals surface area contributed by atoms with Crippen molar-refractivity contribution in [3.63, 3.8) is 0 Å². The van der Waals surface area contributed by atoms with E-state index in [0.717, 1.165) is 5.56 Å². The molecule has 0 fully saturated rings. The molecule has 0 aliphatic heterocycles. The van der Waals surface area contributed by atoms with Crippen LogP contribution in [0.15, 0.2) is 46.9 Å². The van der Waals surface area contributed by atoms with Gasteiger partial charge >= 0.3 is 0 Å². The molecule has 7 heteroatoms. The second-order valence-corrected chi connectivity index (χ2v) is 5.96. The number of nitro groups is 1. The molecule has 0 radical (unpaired) electrons. The second kappa shape index (κ2) is 6.89. The Balaban J connectivity index is 2.16. The van der Waals surface area contributed by atoms with E-state index in [4.69, 9.17) is 11.6 Å². The number of nitrogens with one attached hydrogen (secondary N) is 1. The molecule has 22 heavy (non-hydrogen) atoms. The molecular weight excluding hydrogens is 372 g/mol. The summed E-state index contributed by atoms with van der Waals surface area (Å²) in [7, 11) is 0. The fourth-order valence-electron chi connectivity index (χ4n) is 1.91. The summed E-state index contributed by atoms with van der Waals surface area (Å²) in [6, 6.07) is 11.1. The van der Waals surface area contributed by atoms with Gasteiger partial charge in [-0.25, -0.2) is 0 Å². The Hall–Kier alpha value is -1.92. The summed E-state index contributed by atoms with van der Waals surface area (Å²) in [4.78, 5) is 22.6. The third-order valence-electron chi connectivity index (χ3n) is 3.12. The van der Waals surface area contributed by atoms with E-state index in [1.165, 1.54) is 18.2 Å². The highest BCUT2D eigenvalue weighted by atomic mass is 79.9. The maximum Gasteiger partial charge on any atom is 0.284 e. The first kappa shape index (κ1) is 16.5. The van der Waals surface area contributed by atoms with Crippen LogP contribution < -0.4 is 5.32 Å². The van der Waals surface area contributed by atoms with Gasteiger partial charge in [-0.15, -0.1) is 0 Å². The highest BCUT2D eigenvalue weighted by Crippen LogP contribution is 2.26. The first-order valence-electron chi connectivity index (χ1n) is 6.38. The minimum atomic E-state index is -0.538. The van der Waals surface area contributed by atoms with Gasteiger partial charge in [0.05, 0.1) is 15.4 Å². The first-order valence-corrected chi connectivity index (χ1v) is 7.56. The van der Waals surface area contributed by atoms with Gasteiger partial charge in [0.25, 0.3) is 11.6 Å². The molecule has 0 aliphatic carbocycles. The Bertz CT molecular complexity index is 719. The SMILES string of the molecule is C[C@@H](NC(=O)c1ccc(Br)c([N+](=O)[O-])c1)c1ccc(Cl)cc1. The van der Waals surface area contributed by atoms with E-state index >= 15 is 0 Å². The van der Waals surface area contributed by atoms with Crippen molar-refractivity contribution in [2.75, 3.05) is 0 Å². The lowest BCUT2D eigenvalue weighted by Gasteiger charge is -2.14. The van der Waals surface area contributed by atoms with Crippen LogP contribution in [0.3, 0.4) is 0 Å². The van der Waals surface area contributed by atoms with Crippen molar-refractivity contribution in [3.8, 4) is 0 Å². The number of nitrogens with zero attached hydrogens (tertiary/aromatic N) is 1. The quantitative estimate of drug-likeness (QED) is 0.624. The molecule has 0 spiro atoms. The van der Waals surface area contributed by atoms with Gasteiger partial charge < -0.3 is 5.32 Å². The molecule has 2 aromatic carbocycles. The van der Waals surface area contributed by atoms with E-state index in [9.17, 15) is 14.9 Å². The van der Waals surface area contributed by atoms with Crippen LogP contribution in [0.4, 0.5) is 5.69 Å². The van der Waals surface area contributed by atoms with Crippen LogP contribution in [0.25, 0.3) is 0 Å². The van der Waals surface area contributed by atoms with Crippen LogP contribution in [0.2, 0.25) is 5.02 Å². The van der Waals surface area contributed by atoms with E-state index in [-0.39, 0.29) is 23.2 Å². The molecule has 1 N–H and O–H groups in total. The highest BCUT2D eigenvalue weighted by molar-refractivity contribution is 9.10. The van der Waals surface area contributed by atoms with E-state index in [2.05, 4.69) is 21.2 Å². The van der Waals surface area contributed by atoms with Gasteiger partial charge in [-0.1, -0.05) is 23.7 Å². The maximum absolute atomic E-state index is 12.2. The minimum Gasteiger partial charge on any atom is -0.346 e. The molecule has 0 saturated heterocycles. The Morgan fingerprint density at radius 2 is 1.91 bits per heavy atom. The maximum atomic E-state index is 12.2. The number of rotatable bonds is 4. The molecule has 1 atom stereocenters. The number of halogens is 2. The van der Waals surface area contributed by atoms with Crippen molar-refractivity contribution in [1.29, 1.82) is 0 Å². The van der Waals surface area contributed by atoms with Gasteiger partial charge in [-0.05, 0) is 52.7 Å². The van der Waals surface area contributed by atoms with E-state index < -0.39 is 4.92 Å². The summed E-state index contributed by atoms with van der Waals surface area (Å²) in [6.07, 6.45) is 0. The summed E-state index contributed by atoms with van der Waals surface area (Å²) in [5.74, 6) is -0.377. The predicted molar refractivity (Wildman–Crippen MR) is 88.1 cm³/mol. The summed E-state index contributed by atoms with van der Waals surface area (Å²) in [6.45, 7) is 1.83. The molecule has 0 bridgehead atoms. The van der Waals surface area contributed by atoms with Gasteiger partial charge in [0.2, 0.25) is 0 Å². The lowest BCUT2D eigenvalue weighted by atomic mass is 10.1. The monoisotopic (exact) mass is 382 g/mol. The predicted octanol–water partition coefficient (Wildman–Crippen LogP) is 4.50. The summed E-state index contributed by atoms with van der Waals surface area (Å²) < 4.78 is 0.333. The van der Waals surface area contributed by atoms with Crippen LogP contribution in [-0.4, -0.2) is 10.8 Å². The molecule has 0 unspecified atom stereocenters. The zero-order valence-corrected chi connectivity index (χ0v) is 13.9. The normalized spacial score (nSPS) is 11.8. The molecular formula is C15H12BrClN2O3. The average molecular weight is 384 g/mol. The summed E-state index contributed by atoms with van der Waals surface area (Å²) in [5.41, 5.74) is 0.979. The minimum absolute atomic E-state index is 0.146. The number of benzene rings is 2. The Labute approximate surface area is 140 Å². The summed E-state index contributed by atoms with van der Waals surface area (Å²) in [5, 5.41) is 14.3. The van der Waals surface area contributed by atoms with Crippen LogP contribution >= 0.6 is 27.5 Å². The van der Waals surface area contributed by atoms with Gasteiger partial charge in [-0.2, -0.15) is 0 Å². The van der Waals surface area contributed by atoms with Crippen molar-refractivity contribution in [2.45, 2.75) is 13.0 Å².